The lowest BCUT2D eigenvalue weighted by molar-refractivity contribution is 0.193. The van der Waals surface area contributed by atoms with E-state index in [1.165, 1.54) is 0 Å². The highest BCUT2D eigenvalue weighted by molar-refractivity contribution is 6.30. The smallest absolute Gasteiger partial charge is 0.321 e. The number of hydrogen-bond donors (Lipinski definition) is 2. The second kappa shape index (κ2) is 6.83. The summed E-state index contributed by atoms with van der Waals surface area (Å²) in [6.45, 7) is 1.40. The van der Waals surface area contributed by atoms with E-state index in [2.05, 4.69) is 5.32 Å². The first-order chi connectivity index (χ1) is 8.15. The van der Waals surface area contributed by atoms with Gasteiger partial charge in [0.15, 0.2) is 0 Å². The number of piperidine rings is 1. The molecule has 1 aromatic rings. The van der Waals surface area contributed by atoms with Crippen LogP contribution in [0.15, 0.2) is 24.3 Å². The summed E-state index contributed by atoms with van der Waals surface area (Å²) in [4.78, 5) is 13.7. The van der Waals surface area contributed by atoms with E-state index in [-0.39, 0.29) is 24.5 Å². The number of urea groups is 1. The van der Waals surface area contributed by atoms with Crippen LogP contribution < -0.4 is 11.1 Å². The molecule has 1 heterocycles. The fraction of sp³-hybridized carbons (Fsp3) is 0.417. The van der Waals surface area contributed by atoms with Crippen molar-refractivity contribution in [3.63, 3.8) is 0 Å². The molecule has 6 heteroatoms. The maximum Gasteiger partial charge on any atom is 0.321 e. The first-order valence-electron chi connectivity index (χ1n) is 5.72. The molecule has 4 nitrogen and oxygen atoms in total. The molecular weight excluding hydrogens is 273 g/mol. The molecular formula is C12H17Cl2N3O. The Labute approximate surface area is 118 Å². The number of benzene rings is 1. The van der Waals surface area contributed by atoms with Crippen LogP contribution in [0.1, 0.15) is 12.8 Å². The summed E-state index contributed by atoms with van der Waals surface area (Å²) in [5.74, 6) is 0. The Morgan fingerprint density at radius 2 is 2.06 bits per heavy atom. The third-order valence-corrected chi connectivity index (χ3v) is 3.09. The second-order valence-electron chi connectivity index (χ2n) is 4.29. The summed E-state index contributed by atoms with van der Waals surface area (Å²) < 4.78 is 0. The van der Waals surface area contributed by atoms with E-state index >= 15 is 0 Å². The van der Waals surface area contributed by atoms with E-state index in [0.717, 1.165) is 25.1 Å². The molecule has 2 amide bonds. The Hall–Kier alpha value is -0.970. The minimum Gasteiger partial charge on any atom is -0.326 e. The summed E-state index contributed by atoms with van der Waals surface area (Å²) in [6.07, 6.45) is 1.96. The van der Waals surface area contributed by atoms with Gasteiger partial charge in [-0.05, 0) is 37.1 Å². The lowest BCUT2D eigenvalue weighted by atomic mass is 10.1. The standard InChI is InChI=1S/C12H16ClN3O.ClH/c13-9-3-5-11(6-4-9)15-12(17)16-7-1-2-10(14)8-16;/h3-6,10H,1-2,7-8,14H2,(H,15,17);1H/t10-;/m1./s1. The van der Waals surface area contributed by atoms with Crippen LogP contribution in [0.2, 0.25) is 5.02 Å². The van der Waals surface area contributed by atoms with Crippen molar-refractivity contribution in [2.24, 2.45) is 5.73 Å². The van der Waals surface area contributed by atoms with E-state index < -0.39 is 0 Å². The van der Waals surface area contributed by atoms with E-state index in [1.54, 1.807) is 29.2 Å². The second-order valence-corrected chi connectivity index (χ2v) is 4.72. The number of rotatable bonds is 1. The van der Waals surface area contributed by atoms with Crippen LogP contribution in [0.3, 0.4) is 0 Å². The van der Waals surface area contributed by atoms with Crippen LogP contribution in [0, 0.1) is 0 Å². The molecule has 3 N–H and O–H groups in total. The van der Waals surface area contributed by atoms with Gasteiger partial charge in [0.25, 0.3) is 0 Å². The van der Waals surface area contributed by atoms with Gasteiger partial charge < -0.3 is 16.0 Å². The molecule has 18 heavy (non-hydrogen) atoms. The number of likely N-dealkylation sites (tertiary alicyclic amines) is 1. The number of carbonyl (C=O) groups is 1. The van der Waals surface area contributed by atoms with Crippen molar-refractivity contribution >= 4 is 35.7 Å². The van der Waals surface area contributed by atoms with Crippen molar-refractivity contribution in [1.82, 2.24) is 4.90 Å². The van der Waals surface area contributed by atoms with E-state index in [4.69, 9.17) is 17.3 Å². The number of amides is 2. The number of carbonyl (C=O) groups excluding carboxylic acids is 1. The fourth-order valence-electron chi connectivity index (χ4n) is 1.93. The van der Waals surface area contributed by atoms with Crippen molar-refractivity contribution < 1.29 is 4.79 Å². The molecule has 0 spiro atoms. The fourth-order valence-corrected chi connectivity index (χ4v) is 2.06. The Kier molecular flexibility index (Phi) is 5.72. The molecule has 1 aromatic carbocycles. The Morgan fingerprint density at radius 1 is 1.39 bits per heavy atom. The number of halogens is 2. The number of nitrogens with one attached hydrogen (secondary N) is 1. The summed E-state index contributed by atoms with van der Waals surface area (Å²) in [6, 6.07) is 7.06. The molecule has 0 saturated carbocycles. The van der Waals surface area contributed by atoms with Crippen LogP contribution in [-0.2, 0) is 0 Å². The van der Waals surface area contributed by atoms with Crippen LogP contribution in [0.5, 0.6) is 0 Å². The highest BCUT2D eigenvalue weighted by atomic mass is 35.5. The van der Waals surface area contributed by atoms with Crippen LogP contribution in [0.4, 0.5) is 10.5 Å². The minimum atomic E-state index is -0.0949. The maximum absolute atomic E-state index is 11.9. The first kappa shape index (κ1) is 15.1. The van der Waals surface area contributed by atoms with E-state index in [9.17, 15) is 4.79 Å². The van der Waals surface area contributed by atoms with Crippen LogP contribution >= 0.6 is 24.0 Å². The maximum atomic E-state index is 11.9. The molecule has 0 radical (unpaired) electrons. The largest absolute Gasteiger partial charge is 0.326 e. The van der Waals surface area contributed by atoms with Crippen LogP contribution in [0.25, 0.3) is 0 Å². The first-order valence-corrected chi connectivity index (χ1v) is 6.10. The van der Waals surface area contributed by atoms with Crippen molar-refractivity contribution in [3.05, 3.63) is 29.3 Å². The summed E-state index contributed by atoms with van der Waals surface area (Å²) in [5, 5.41) is 3.49. The average molecular weight is 290 g/mol. The van der Waals surface area contributed by atoms with Crippen molar-refractivity contribution in [3.8, 4) is 0 Å². The van der Waals surface area contributed by atoms with Gasteiger partial charge in [-0.25, -0.2) is 4.79 Å². The van der Waals surface area contributed by atoms with Crippen molar-refractivity contribution in [2.75, 3.05) is 18.4 Å². The molecule has 100 valence electrons. The SMILES string of the molecule is Cl.N[C@@H]1CCCN(C(=O)Nc2ccc(Cl)cc2)C1. The third kappa shape index (κ3) is 4.05. The van der Waals surface area contributed by atoms with E-state index in [0.29, 0.717) is 11.6 Å². The van der Waals surface area contributed by atoms with Gasteiger partial charge in [-0.3, -0.25) is 0 Å². The number of nitrogens with zero attached hydrogens (tertiary/aromatic N) is 1. The predicted octanol–water partition coefficient (Wildman–Crippen LogP) is 2.72. The quantitative estimate of drug-likeness (QED) is 0.835. The highest BCUT2D eigenvalue weighted by Gasteiger charge is 2.20. The molecule has 1 aliphatic heterocycles. The lowest BCUT2D eigenvalue weighted by Crippen LogP contribution is -2.47. The van der Waals surface area contributed by atoms with Gasteiger partial charge >= 0.3 is 6.03 Å². The molecule has 1 fully saturated rings. The zero-order chi connectivity index (χ0) is 12.3. The Balaban J connectivity index is 0.00000162. The molecule has 1 atom stereocenters. The number of hydrogen-bond acceptors (Lipinski definition) is 2. The highest BCUT2D eigenvalue weighted by Crippen LogP contribution is 2.15. The molecule has 0 aromatic heterocycles. The normalized spacial score (nSPS) is 19.0. The Bertz CT molecular complexity index is 397. The molecule has 0 aliphatic carbocycles. The number of anilines is 1. The van der Waals surface area contributed by atoms with Crippen molar-refractivity contribution in [2.45, 2.75) is 18.9 Å². The number of nitrogens with two attached hydrogens (primary N) is 1. The predicted molar refractivity (Wildman–Crippen MR) is 76.5 cm³/mol. The molecule has 2 rings (SSSR count). The van der Waals surface area contributed by atoms with Gasteiger partial charge in [-0.15, -0.1) is 12.4 Å². The molecule has 1 saturated heterocycles. The Morgan fingerprint density at radius 3 is 2.67 bits per heavy atom. The van der Waals surface area contributed by atoms with Gasteiger partial charge in [0.05, 0.1) is 0 Å². The average Bonchev–Trinajstić information content (AvgIpc) is 2.32. The topological polar surface area (TPSA) is 58.4 Å². The van der Waals surface area contributed by atoms with Crippen molar-refractivity contribution in [1.29, 1.82) is 0 Å². The summed E-state index contributed by atoms with van der Waals surface area (Å²) in [5.41, 5.74) is 6.59. The van der Waals surface area contributed by atoms with Gasteiger partial charge in [-0.2, -0.15) is 0 Å². The zero-order valence-electron chi connectivity index (χ0n) is 9.93. The zero-order valence-corrected chi connectivity index (χ0v) is 11.5. The third-order valence-electron chi connectivity index (χ3n) is 2.84. The minimum absolute atomic E-state index is 0. The summed E-state index contributed by atoms with van der Waals surface area (Å²) >= 11 is 5.78. The summed E-state index contributed by atoms with van der Waals surface area (Å²) in [7, 11) is 0. The molecule has 1 aliphatic rings. The van der Waals surface area contributed by atoms with E-state index in [1.807, 2.05) is 0 Å². The van der Waals surface area contributed by atoms with Crippen LogP contribution in [-0.4, -0.2) is 30.1 Å². The van der Waals surface area contributed by atoms with Gasteiger partial charge in [-0.1, -0.05) is 11.6 Å². The van der Waals surface area contributed by atoms with Gasteiger partial charge in [0.1, 0.15) is 0 Å². The van der Waals surface area contributed by atoms with Gasteiger partial charge in [0.2, 0.25) is 0 Å². The molecule has 0 bridgehead atoms. The van der Waals surface area contributed by atoms with Gasteiger partial charge in [0, 0.05) is 29.8 Å². The molecule has 0 unspecified atom stereocenters. The lowest BCUT2D eigenvalue weighted by Gasteiger charge is -2.30. The monoisotopic (exact) mass is 289 g/mol.